The Labute approximate surface area is 103 Å². The van der Waals surface area contributed by atoms with Gasteiger partial charge in [-0.1, -0.05) is 12.1 Å². The summed E-state index contributed by atoms with van der Waals surface area (Å²) in [6.07, 6.45) is 3.16. The molecule has 3 heteroatoms. The predicted molar refractivity (Wildman–Crippen MR) is 70.9 cm³/mol. The molecule has 2 aromatic rings. The second-order valence-corrected chi connectivity index (χ2v) is 5.25. The zero-order chi connectivity index (χ0) is 11.1. The van der Waals surface area contributed by atoms with E-state index in [9.17, 15) is 0 Å². The van der Waals surface area contributed by atoms with E-state index in [1.54, 1.807) is 0 Å². The molecule has 0 radical (unpaired) electrons. The average molecular weight is 277 g/mol. The molecule has 0 saturated carbocycles. The Balaban J connectivity index is 2.17. The van der Waals surface area contributed by atoms with Crippen LogP contribution < -0.4 is 4.90 Å². The standard InChI is InChI=1S/C13H13BrN2/c1-9-5-6-16(9)12-4-2-3-10-7-11(14)8-15-13(10)12/h2-4,7-9H,5-6H2,1H3. The van der Waals surface area contributed by atoms with Crippen LogP contribution in [0.5, 0.6) is 0 Å². The number of aromatic nitrogens is 1. The first-order chi connectivity index (χ1) is 7.75. The lowest BCUT2D eigenvalue weighted by molar-refractivity contribution is 0.482. The molecule has 82 valence electrons. The van der Waals surface area contributed by atoms with Crippen molar-refractivity contribution in [3.8, 4) is 0 Å². The minimum absolute atomic E-state index is 0.649. The molecule has 3 rings (SSSR count). The molecular formula is C13H13BrN2. The molecule has 1 unspecified atom stereocenters. The van der Waals surface area contributed by atoms with Crippen molar-refractivity contribution in [2.75, 3.05) is 11.4 Å². The quantitative estimate of drug-likeness (QED) is 0.791. The van der Waals surface area contributed by atoms with E-state index in [1.165, 1.54) is 17.5 Å². The Hall–Kier alpha value is -1.09. The maximum atomic E-state index is 4.53. The largest absolute Gasteiger partial charge is 0.367 e. The molecule has 1 aliphatic rings. The van der Waals surface area contributed by atoms with Gasteiger partial charge in [0, 0.05) is 28.6 Å². The highest BCUT2D eigenvalue weighted by molar-refractivity contribution is 9.10. The van der Waals surface area contributed by atoms with Crippen molar-refractivity contribution < 1.29 is 0 Å². The van der Waals surface area contributed by atoms with E-state index in [0.717, 1.165) is 16.5 Å². The van der Waals surface area contributed by atoms with Crippen molar-refractivity contribution in [1.82, 2.24) is 4.98 Å². The molecule has 2 nitrogen and oxygen atoms in total. The van der Waals surface area contributed by atoms with Gasteiger partial charge in [0.1, 0.15) is 0 Å². The van der Waals surface area contributed by atoms with E-state index >= 15 is 0 Å². The van der Waals surface area contributed by atoms with E-state index in [0.29, 0.717) is 6.04 Å². The highest BCUT2D eigenvalue weighted by Gasteiger charge is 2.25. The van der Waals surface area contributed by atoms with Gasteiger partial charge in [-0.2, -0.15) is 0 Å². The number of pyridine rings is 1. The van der Waals surface area contributed by atoms with E-state index in [1.807, 2.05) is 6.20 Å². The number of nitrogens with zero attached hydrogens (tertiary/aromatic N) is 2. The Kier molecular flexibility index (Phi) is 2.36. The average Bonchev–Trinajstić information content (AvgIpc) is 2.27. The Bertz CT molecular complexity index is 538. The van der Waals surface area contributed by atoms with Gasteiger partial charge in [-0.3, -0.25) is 4.98 Å². The molecule has 0 aliphatic carbocycles. The molecule has 0 spiro atoms. The Morgan fingerprint density at radius 1 is 1.44 bits per heavy atom. The van der Waals surface area contributed by atoms with Gasteiger partial charge in [-0.25, -0.2) is 0 Å². The highest BCUT2D eigenvalue weighted by atomic mass is 79.9. The van der Waals surface area contributed by atoms with Gasteiger partial charge in [0.2, 0.25) is 0 Å². The SMILES string of the molecule is CC1CCN1c1cccc2cc(Br)cnc12. The van der Waals surface area contributed by atoms with Crippen LogP contribution >= 0.6 is 15.9 Å². The zero-order valence-corrected chi connectivity index (χ0v) is 10.7. The van der Waals surface area contributed by atoms with Crippen LogP contribution in [0.25, 0.3) is 10.9 Å². The number of halogens is 1. The zero-order valence-electron chi connectivity index (χ0n) is 9.15. The van der Waals surface area contributed by atoms with Gasteiger partial charge < -0.3 is 4.90 Å². The van der Waals surface area contributed by atoms with Crippen molar-refractivity contribution in [1.29, 1.82) is 0 Å². The molecular weight excluding hydrogens is 264 g/mol. The van der Waals surface area contributed by atoms with E-state index < -0.39 is 0 Å². The summed E-state index contributed by atoms with van der Waals surface area (Å²) in [6, 6.07) is 9.16. The summed E-state index contributed by atoms with van der Waals surface area (Å²) >= 11 is 3.46. The molecule has 1 atom stereocenters. The van der Waals surface area contributed by atoms with E-state index in [-0.39, 0.29) is 0 Å². The van der Waals surface area contributed by atoms with Crippen molar-refractivity contribution in [2.45, 2.75) is 19.4 Å². The van der Waals surface area contributed by atoms with Gasteiger partial charge >= 0.3 is 0 Å². The second kappa shape index (κ2) is 3.74. The maximum Gasteiger partial charge on any atom is 0.0936 e. The molecule has 16 heavy (non-hydrogen) atoms. The minimum Gasteiger partial charge on any atom is -0.367 e. The van der Waals surface area contributed by atoms with Crippen LogP contribution in [0.2, 0.25) is 0 Å². The fraction of sp³-hybridized carbons (Fsp3) is 0.308. The molecule has 1 aromatic carbocycles. The third-order valence-corrected chi connectivity index (χ3v) is 3.72. The Morgan fingerprint density at radius 2 is 2.31 bits per heavy atom. The number of para-hydroxylation sites is 1. The van der Waals surface area contributed by atoms with Crippen molar-refractivity contribution >= 4 is 32.5 Å². The molecule has 0 amide bonds. The number of hydrogen-bond acceptors (Lipinski definition) is 2. The van der Waals surface area contributed by atoms with Crippen molar-refractivity contribution in [3.05, 3.63) is 34.9 Å². The maximum absolute atomic E-state index is 4.53. The van der Waals surface area contributed by atoms with Crippen LogP contribution in [0.15, 0.2) is 34.9 Å². The summed E-state index contributed by atoms with van der Waals surface area (Å²) in [4.78, 5) is 6.95. The van der Waals surface area contributed by atoms with Gasteiger partial charge in [0.05, 0.1) is 11.2 Å². The number of rotatable bonds is 1. The van der Waals surface area contributed by atoms with Crippen LogP contribution in [0.3, 0.4) is 0 Å². The van der Waals surface area contributed by atoms with Crippen LogP contribution in [0.1, 0.15) is 13.3 Å². The molecule has 0 N–H and O–H groups in total. The fourth-order valence-corrected chi connectivity index (χ4v) is 2.57. The lowest BCUT2D eigenvalue weighted by Gasteiger charge is -2.41. The van der Waals surface area contributed by atoms with Crippen LogP contribution in [-0.4, -0.2) is 17.6 Å². The topological polar surface area (TPSA) is 16.1 Å². The summed E-state index contributed by atoms with van der Waals surface area (Å²) in [7, 11) is 0. The van der Waals surface area contributed by atoms with Gasteiger partial charge in [0.25, 0.3) is 0 Å². The number of benzene rings is 1. The smallest absolute Gasteiger partial charge is 0.0936 e. The molecule has 1 fully saturated rings. The third-order valence-electron chi connectivity index (χ3n) is 3.29. The molecule has 2 heterocycles. The van der Waals surface area contributed by atoms with Gasteiger partial charge in [-0.15, -0.1) is 0 Å². The first-order valence-corrected chi connectivity index (χ1v) is 6.36. The van der Waals surface area contributed by atoms with Gasteiger partial charge in [0.15, 0.2) is 0 Å². The second-order valence-electron chi connectivity index (χ2n) is 4.33. The predicted octanol–water partition coefficient (Wildman–Crippen LogP) is 3.60. The lowest BCUT2D eigenvalue weighted by Crippen LogP contribution is -2.45. The first-order valence-electron chi connectivity index (χ1n) is 5.56. The summed E-state index contributed by atoms with van der Waals surface area (Å²) in [5.74, 6) is 0. The summed E-state index contributed by atoms with van der Waals surface area (Å²) in [5.41, 5.74) is 2.38. The van der Waals surface area contributed by atoms with Crippen LogP contribution in [-0.2, 0) is 0 Å². The lowest BCUT2D eigenvalue weighted by atomic mass is 10.0. The normalized spacial score (nSPS) is 19.9. The van der Waals surface area contributed by atoms with Crippen LogP contribution in [0, 0.1) is 0 Å². The van der Waals surface area contributed by atoms with Gasteiger partial charge in [-0.05, 0) is 41.4 Å². The monoisotopic (exact) mass is 276 g/mol. The molecule has 1 saturated heterocycles. The fourth-order valence-electron chi connectivity index (χ4n) is 2.22. The van der Waals surface area contributed by atoms with Crippen molar-refractivity contribution in [2.24, 2.45) is 0 Å². The third kappa shape index (κ3) is 1.50. The summed E-state index contributed by atoms with van der Waals surface area (Å²) in [5, 5.41) is 1.20. The molecule has 0 bridgehead atoms. The number of anilines is 1. The number of fused-ring (bicyclic) bond motifs is 1. The Morgan fingerprint density at radius 3 is 3.00 bits per heavy atom. The summed E-state index contributed by atoms with van der Waals surface area (Å²) < 4.78 is 1.04. The highest BCUT2D eigenvalue weighted by Crippen LogP contribution is 2.32. The molecule has 1 aliphatic heterocycles. The first kappa shape index (κ1) is 10.1. The van der Waals surface area contributed by atoms with E-state index in [2.05, 4.69) is 57.0 Å². The minimum atomic E-state index is 0.649. The molecule has 1 aromatic heterocycles. The van der Waals surface area contributed by atoms with E-state index in [4.69, 9.17) is 0 Å². The van der Waals surface area contributed by atoms with Crippen molar-refractivity contribution in [3.63, 3.8) is 0 Å². The summed E-state index contributed by atoms with van der Waals surface area (Å²) in [6.45, 7) is 3.42. The van der Waals surface area contributed by atoms with Crippen LogP contribution in [0.4, 0.5) is 5.69 Å². The number of hydrogen-bond donors (Lipinski definition) is 0.